The molecule has 1 aromatic heterocycles. The van der Waals surface area contributed by atoms with Gasteiger partial charge in [-0.3, -0.25) is 0 Å². The highest BCUT2D eigenvalue weighted by Crippen LogP contribution is 2.31. The van der Waals surface area contributed by atoms with Crippen LogP contribution in [0.3, 0.4) is 0 Å². The lowest BCUT2D eigenvalue weighted by molar-refractivity contribution is 0.407. The Balaban J connectivity index is 2.41. The predicted octanol–water partition coefficient (Wildman–Crippen LogP) is 4.65. The number of ether oxygens (including phenoxy) is 1. The predicted molar refractivity (Wildman–Crippen MR) is 86.3 cm³/mol. The lowest BCUT2D eigenvalue weighted by atomic mass is 9.98. The Morgan fingerprint density at radius 1 is 1.24 bits per heavy atom. The van der Waals surface area contributed by atoms with E-state index in [0.717, 1.165) is 41.2 Å². The van der Waals surface area contributed by atoms with Gasteiger partial charge in [0.25, 0.3) is 0 Å². The van der Waals surface area contributed by atoms with E-state index in [-0.39, 0.29) is 6.04 Å². The molecule has 0 spiro atoms. The molecule has 1 atom stereocenters. The summed E-state index contributed by atoms with van der Waals surface area (Å²) in [6.07, 6.45) is 1.05. The maximum Gasteiger partial charge on any atom is 0.193 e. The highest BCUT2D eigenvalue weighted by atomic mass is 35.5. The molecule has 0 aliphatic carbocycles. The molecule has 21 heavy (non-hydrogen) atoms. The maximum absolute atomic E-state index is 5.92. The van der Waals surface area contributed by atoms with Gasteiger partial charge in [-0.25, -0.2) is 0 Å². The van der Waals surface area contributed by atoms with E-state index in [9.17, 15) is 0 Å². The summed E-state index contributed by atoms with van der Waals surface area (Å²) < 4.78 is 11.0. The molecule has 0 radical (unpaired) electrons. The summed E-state index contributed by atoms with van der Waals surface area (Å²) >= 11 is 5.92. The Morgan fingerprint density at radius 2 is 1.90 bits per heavy atom. The third kappa shape index (κ3) is 3.60. The van der Waals surface area contributed by atoms with Crippen molar-refractivity contribution in [3.63, 3.8) is 0 Å². The molecule has 1 N–H and O–H groups in total. The van der Waals surface area contributed by atoms with E-state index in [1.165, 1.54) is 0 Å². The Labute approximate surface area is 131 Å². The second kappa shape index (κ2) is 7.01. The highest BCUT2D eigenvalue weighted by molar-refractivity contribution is 6.28. The van der Waals surface area contributed by atoms with Gasteiger partial charge in [0.1, 0.15) is 11.5 Å². The molecule has 0 aliphatic heterocycles. The second-order valence-corrected chi connectivity index (χ2v) is 5.59. The first kappa shape index (κ1) is 15.9. The van der Waals surface area contributed by atoms with Crippen LogP contribution in [0.2, 0.25) is 5.22 Å². The third-order valence-corrected chi connectivity index (χ3v) is 3.70. The van der Waals surface area contributed by atoms with Crippen molar-refractivity contribution in [3.8, 4) is 5.75 Å². The van der Waals surface area contributed by atoms with Crippen LogP contribution in [0.15, 0.2) is 28.7 Å². The van der Waals surface area contributed by atoms with Gasteiger partial charge in [-0.05, 0) is 67.2 Å². The van der Waals surface area contributed by atoms with Gasteiger partial charge in [-0.15, -0.1) is 0 Å². The summed E-state index contributed by atoms with van der Waals surface area (Å²) in [7, 11) is 1.70. The van der Waals surface area contributed by atoms with Crippen molar-refractivity contribution in [2.45, 2.75) is 33.2 Å². The zero-order chi connectivity index (χ0) is 15.4. The van der Waals surface area contributed by atoms with E-state index >= 15 is 0 Å². The minimum atomic E-state index is 0.000700. The van der Waals surface area contributed by atoms with Crippen LogP contribution in [-0.4, -0.2) is 13.7 Å². The molecule has 0 bridgehead atoms. The fraction of sp³-hybridized carbons (Fsp3) is 0.412. The summed E-state index contributed by atoms with van der Waals surface area (Å²) in [4.78, 5) is 0. The van der Waals surface area contributed by atoms with Crippen molar-refractivity contribution >= 4 is 11.6 Å². The normalized spacial score (nSPS) is 12.4. The van der Waals surface area contributed by atoms with Crippen LogP contribution in [-0.2, 0) is 0 Å². The fourth-order valence-corrected chi connectivity index (χ4v) is 2.78. The number of aryl methyl sites for hydroxylation is 2. The molecule has 1 unspecified atom stereocenters. The summed E-state index contributed by atoms with van der Waals surface area (Å²) in [6, 6.07) is 7.97. The SMILES string of the molecule is CCCNC(c1cc(C)c(OC)c(C)c1)c1ccc(Cl)o1. The standard InChI is InChI=1S/C17H22ClNO2/c1-5-8-19-16(14-6-7-15(18)21-14)13-9-11(2)17(20-4)12(3)10-13/h6-7,9-10,16,19H,5,8H2,1-4H3. The molecular weight excluding hydrogens is 286 g/mol. The Bertz CT molecular complexity index is 584. The smallest absolute Gasteiger partial charge is 0.193 e. The monoisotopic (exact) mass is 307 g/mol. The molecule has 3 nitrogen and oxygen atoms in total. The van der Waals surface area contributed by atoms with E-state index in [0.29, 0.717) is 5.22 Å². The topological polar surface area (TPSA) is 34.4 Å². The number of methoxy groups -OCH3 is 1. The molecule has 2 rings (SSSR count). The molecule has 1 aromatic carbocycles. The number of furan rings is 1. The molecule has 4 heteroatoms. The molecule has 2 aromatic rings. The third-order valence-electron chi connectivity index (χ3n) is 3.50. The first-order valence-corrected chi connectivity index (χ1v) is 7.58. The average molecular weight is 308 g/mol. The lowest BCUT2D eigenvalue weighted by Crippen LogP contribution is -2.23. The van der Waals surface area contributed by atoms with Crippen molar-refractivity contribution in [2.75, 3.05) is 13.7 Å². The number of hydrogen-bond donors (Lipinski definition) is 1. The lowest BCUT2D eigenvalue weighted by Gasteiger charge is -2.19. The molecule has 0 fully saturated rings. The molecule has 0 saturated carbocycles. The van der Waals surface area contributed by atoms with Gasteiger partial charge in [-0.1, -0.05) is 19.1 Å². The van der Waals surface area contributed by atoms with E-state index in [4.69, 9.17) is 20.8 Å². The Morgan fingerprint density at radius 3 is 2.38 bits per heavy atom. The fourth-order valence-electron chi connectivity index (χ4n) is 2.63. The summed E-state index contributed by atoms with van der Waals surface area (Å²) in [5, 5.41) is 3.93. The maximum atomic E-state index is 5.92. The van der Waals surface area contributed by atoms with Gasteiger partial charge in [0.2, 0.25) is 0 Å². The largest absolute Gasteiger partial charge is 0.496 e. The van der Waals surface area contributed by atoms with Gasteiger partial charge in [0.05, 0.1) is 13.2 Å². The quantitative estimate of drug-likeness (QED) is 0.843. The Hall–Kier alpha value is -1.45. The van der Waals surface area contributed by atoms with Crippen molar-refractivity contribution in [1.82, 2.24) is 5.32 Å². The van der Waals surface area contributed by atoms with E-state index in [2.05, 4.69) is 38.2 Å². The molecule has 0 saturated heterocycles. The van der Waals surface area contributed by atoms with Crippen LogP contribution in [0, 0.1) is 13.8 Å². The molecule has 0 aliphatic rings. The van der Waals surface area contributed by atoms with Crippen molar-refractivity contribution < 1.29 is 9.15 Å². The second-order valence-electron chi connectivity index (χ2n) is 5.22. The number of halogens is 1. The Kier molecular flexibility index (Phi) is 5.32. The minimum absolute atomic E-state index is 0.000700. The first-order valence-electron chi connectivity index (χ1n) is 7.20. The van der Waals surface area contributed by atoms with Crippen molar-refractivity contribution in [1.29, 1.82) is 0 Å². The van der Waals surface area contributed by atoms with Gasteiger partial charge < -0.3 is 14.5 Å². The van der Waals surface area contributed by atoms with Crippen LogP contribution in [0.1, 0.15) is 41.8 Å². The number of nitrogens with one attached hydrogen (secondary N) is 1. The van der Waals surface area contributed by atoms with E-state index in [1.807, 2.05) is 6.07 Å². The summed E-state index contributed by atoms with van der Waals surface area (Å²) in [5.74, 6) is 1.77. The highest BCUT2D eigenvalue weighted by Gasteiger charge is 2.19. The van der Waals surface area contributed by atoms with Gasteiger partial charge in [-0.2, -0.15) is 0 Å². The van der Waals surface area contributed by atoms with Crippen LogP contribution in [0.25, 0.3) is 0 Å². The van der Waals surface area contributed by atoms with Crippen LogP contribution in [0.5, 0.6) is 5.75 Å². The van der Waals surface area contributed by atoms with Crippen LogP contribution in [0.4, 0.5) is 0 Å². The molecule has 1 heterocycles. The van der Waals surface area contributed by atoms with E-state index in [1.54, 1.807) is 13.2 Å². The summed E-state index contributed by atoms with van der Waals surface area (Å²) in [5.41, 5.74) is 3.40. The number of benzene rings is 1. The summed E-state index contributed by atoms with van der Waals surface area (Å²) in [6.45, 7) is 7.17. The first-order chi connectivity index (χ1) is 10.1. The molecular formula is C17H22ClNO2. The molecule has 114 valence electrons. The van der Waals surface area contributed by atoms with Crippen molar-refractivity contribution in [3.05, 3.63) is 51.9 Å². The zero-order valence-corrected chi connectivity index (χ0v) is 13.8. The van der Waals surface area contributed by atoms with Crippen molar-refractivity contribution in [2.24, 2.45) is 0 Å². The minimum Gasteiger partial charge on any atom is -0.496 e. The van der Waals surface area contributed by atoms with Crippen LogP contribution >= 0.6 is 11.6 Å². The zero-order valence-electron chi connectivity index (χ0n) is 13.0. The molecule has 0 amide bonds. The van der Waals surface area contributed by atoms with Gasteiger partial charge >= 0.3 is 0 Å². The average Bonchev–Trinajstić information content (AvgIpc) is 2.85. The van der Waals surface area contributed by atoms with E-state index < -0.39 is 0 Å². The van der Waals surface area contributed by atoms with Crippen LogP contribution < -0.4 is 10.1 Å². The number of rotatable bonds is 6. The number of hydrogen-bond acceptors (Lipinski definition) is 3. The van der Waals surface area contributed by atoms with Gasteiger partial charge in [0.15, 0.2) is 5.22 Å². The van der Waals surface area contributed by atoms with Gasteiger partial charge in [0, 0.05) is 0 Å².